The first-order valence-electron chi connectivity index (χ1n) is 7.16. The molecule has 5 heteroatoms. The maximum absolute atomic E-state index is 12.4. The molecule has 3 heterocycles. The van der Waals surface area contributed by atoms with Gasteiger partial charge in [0.2, 0.25) is 5.78 Å². The molecule has 5 nitrogen and oxygen atoms in total. The Kier molecular flexibility index (Phi) is 2.77. The van der Waals surface area contributed by atoms with Gasteiger partial charge in [0.25, 0.3) is 0 Å². The quantitative estimate of drug-likeness (QED) is 0.592. The van der Waals surface area contributed by atoms with Crippen LogP contribution in [0.2, 0.25) is 0 Å². The molecule has 0 saturated carbocycles. The van der Waals surface area contributed by atoms with Gasteiger partial charge in [0.15, 0.2) is 5.76 Å². The number of rotatable bonds is 3. The Morgan fingerprint density at radius 1 is 1.29 bits per heavy atom. The minimum atomic E-state index is -0.0171. The number of carbonyl (C=O) groups excluding carboxylic acids is 1. The molecule has 0 atom stereocenters. The van der Waals surface area contributed by atoms with E-state index in [0.29, 0.717) is 5.76 Å². The highest BCUT2D eigenvalue weighted by atomic mass is 16.3. The largest absolute Gasteiger partial charge is 0.461 e. The molecule has 1 aliphatic heterocycles. The molecular formula is C16H16N3O2+. The second-order valence-corrected chi connectivity index (χ2v) is 5.23. The third-order valence-electron chi connectivity index (χ3n) is 3.91. The summed E-state index contributed by atoms with van der Waals surface area (Å²) in [6.45, 7) is 2.19. The number of furan rings is 1. The van der Waals surface area contributed by atoms with Crippen molar-refractivity contribution >= 4 is 22.8 Å². The van der Waals surface area contributed by atoms with Gasteiger partial charge in [0.1, 0.15) is 17.6 Å². The van der Waals surface area contributed by atoms with Crippen LogP contribution in [0.1, 0.15) is 17.0 Å². The van der Waals surface area contributed by atoms with Crippen molar-refractivity contribution in [2.45, 2.75) is 19.5 Å². The van der Waals surface area contributed by atoms with Gasteiger partial charge in [-0.15, -0.1) is 0 Å². The number of anilines is 1. The lowest BCUT2D eigenvalue weighted by atomic mass is 10.3. The Bertz CT molecular complexity index is 802. The predicted molar refractivity (Wildman–Crippen MR) is 78.3 cm³/mol. The predicted octanol–water partition coefficient (Wildman–Crippen LogP) is 2.22. The van der Waals surface area contributed by atoms with Crippen molar-refractivity contribution < 1.29 is 13.8 Å². The number of fused-ring (bicyclic) bond motifs is 3. The normalized spacial score (nSPS) is 13.9. The highest BCUT2D eigenvalue weighted by Gasteiger charge is 2.27. The molecule has 0 fully saturated rings. The van der Waals surface area contributed by atoms with E-state index >= 15 is 0 Å². The van der Waals surface area contributed by atoms with Crippen LogP contribution in [-0.2, 0) is 13.1 Å². The molecule has 0 radical (unpaired) electrons. The summed E-state index contributed by atoms with van der Waals surface area (Å²) in [5.41, 5.74) is 2.23. The number of nitrogens with one attached hydrogen (secondary N) is 1. The summed E-state index contributed by atoms with van der Waals surface area (Å²) in [6, 6.07) is 11.6. The van der Waals surface area contributed by atoms with E-state index in [4.69, 9.17) is 4.42 Å². The summed E-state index contributed by atoms with van der Waals surface area (Å²) >= 11 is 0. The van der Waals surface area contributed by atoms with E-state index in [1.165, 1.54) is 6.26 Å². The lowest BCUT2D eigenvalue weighted by molar-refractivity contribution is -0.661. The van der Waals surface area contributed by atoms with Gasteiger partial charge in [-0.3, -0.25) is 10.1 Å². The van der Waals surface area contributed by atoms with Crippen LogP contribution >= 0.6 is 0 Å². The minimum Gasteiger partial charge on any atom is -0.461 e. The molecule has 0 bridgehead atoms. The highest BCUT2D eigenvalue weighted by molar-refractivity contribution is 5.94. The Labute approximate surface area is 121 Å². The van der Waals surface area contributed by atoms with Gasteiger partial charge < -0.3 is 4.42 Å². The summed E-state index contributed by atoms with van der Waals surface area (Å²) in [5, 5.41) is 3.41. The first kappa shape index (κ1) is 12.2. The minimum absolute atomic E-state index is 0.0171. The van der Waals surface area contributed by atoms with Crippen LogP contribution in [0.15, 0.2) is 47.1 Å². The molecule has 3 aromatic rings. The highest BCUT2D eigenvalue weighted by Crippen LogP contribution is 2.21. The fourth-order valence-corrected chi connectivity index (χ4v) is 2.97. The van der Waals surface area contributed by atoms with E-state index in [1.54, 1.807) is 12.1 Å². The van der Waals surface area contributed by atoms with Crippen molar-refractivity contribution in [3.05, 3.63) is 48.4 Å². The third-order valence-corrected chi connectivity index (χ3v) is 3.91. The Morgan fingerprint density at radius 2 is 2.19 bits per heavy atom. The molecule has 2 aromatic heterocycles. The van der Waals surface area contributed by atoms with Crippen LogP contribution in [0.5, 0.6) is 0 Å². The molecule has 106 valence electrons. The smallest absolute Gasteiger partial charge is 0.358 e. The summed E-state index contributed by atoms with van der Waals surface area (Å²) in [7, 11) is 0. The van der Waals surface area contributed by atoms with Crippen LogP contribution in [0.3, 0.4) is 0 Å². The van der Waals surface area contributed by atoms with Gasteiger partial charge in [0, 0.05) is 6.42 Å². The van der Waals surface area contributed by atoms with E-state index in [1.807, 2.05) is 16.7 Å². The lowest BCUT2D eigenvalue weighted by Gasteiger charge is -2.11. The first-order valence-corrected chi connectivity index (χ1v) is 7.16. The average molecular weight is 282 g/mol. The number of carbonyl (C=O) groups is 1. The van der Waals surface area contributed by atoms with E-state index in [9.17, 15) is 4.79 Å². The standard InChI is InChI=1S/C16H15N3O2/c20-14(15-7-3-10-21-15)11-19-13-6-2-1-5-12(13)18-9-4-8-17-16(18)19/h1-3,5-7,10H,4,8-9,11H2/p+1. The number of benzene rings is 1. The SMILES string of the molecule is O=C(Cn1c2[n+](c3ccccc31)CCCN2)c1ccco1. The van der Waals surface area contributed by atoms with E-state index in [2.05, 4.69) is 22.0 Å². The third kappa shape index (κ3) is 1.93. The van der Waals surface area contributed by atoms with Gasteiger partial charge in [-0.25, -0.2) is 9.13 Å². The van der Waals surface area contributed by atoms with E-state index < -0.39 is 0 Å². The number of hydrogen-bond donors (Lipinski definition) is 1. The molecule has 0 saturated heterocycles. The second kappa shape index (κ2) is 4.77. The molecule has 0 amide bonds. The van der Waals surface area contributed by atoms with Gasteiger partial charge >= 0.3 is 5.95 Å². The van der Waals surface area contributed by atoms with Crippen molar-refractivity contribution in [1.82, 2.24) is 4.57 Å². The van der Waals surface area contributed by atoms with Gasteiger partial charge in [-0.05, 0) is 24.3 Å². The lowest BCUT2D eigenvalue weighted by Crippen LogP contribution is -2.42. The first-order chi connectivity index (χ1) is 10.3. The molecule has 1 N–H and O–H groups in total. The summed E-state index contributed by atoms with van der Waals surface area (Å²) < 4.78 is 9.50. The van der Waals surface area contributed by atoms with Crippen molar-refractivity contribution in [2.24, 2.45) is 0 Å². The molecule has 1 aliphatic rings. The second-order valence-electron chi connectivity index (χ2n) is 5.23. The van der Waals surface area contributed by atoms with Crippen LogP contribution in [-0.4, -0.2) is 16.9 Å². The Balaban J connectivity index is 1.82. The number of hydrogen-bond acceptors (Lipinski definition) is 3. The molecule has 1 aromatic carbocycles. The van der Waals surface area contributed by atoms with Crippen LogP contribution in [0.4, 0.5) is 5.95 Å². The fraction of sp³-hybridized carbons (Fsp3) is 0.250. The van der Waals surface area contributed by atoms with E-state index in [-0.39, 0.29) is 12.3 Å². The molecule has 0 aliphatic carbocycles. The van der Waals surface area contributed by atoms with Crippen molar-refractivity contribution in [2.75, 3.05) is 11.9 Å². The molecule has 4 rings (SSSR count). The monoisotopic (exact) mass is 282 g/mol. The molecule has 0 unspecified atom stereocenters. The van der Waals surface area contributed by atoms with Crippen LogP contribution in [0, 0.1) is 0 Å². The zero-order valence-electron chi connectivity index (χ0n) is 11.6. The van der Waals surface area contributed by atoms with Crippen molar-refractivity contribution in [1.29, 1.82) is 0 Å². The topological polar surface area (TPSA) is 51.0 Å². The number of Topliss-reactive ketones (excluding diaryl/α,β-unsaturated/α-hetero) is 1. The van der Waals surface area contributed by atoms with Crippen LogP contribution in [0.25, 0.3) is 11.0 Å². The van der Waals surface area contributed by atoms with Gasteiger partial charge in [-0.2, -0.15) is 0 Å². The maximum Gasteiger partial charge on any atom is 0.358 e. The van der Waals surface area contributed by atoms with Crippen molar-refractivity contribution in [3.63, 3.8) is 0 Å². The summed E-state index contributed by atoms with van der Waals surface area (Å²) in [5.74, 6) is 1.39. The Morgan fingerprint density at radius 3 is 3.05 bits per heavy atom. The molecule has 0 spiro atoms. The van der Waals surface area contributed by atoms with E-state index in [0.717, 1.165) is 36.5 Å². The van der Waals surface area contributed by atoms with Gasteiger partial charge in [-0.1, -0.05) is 12.1 Å². The summed E-state index contributed by atoms with van der Waals surface area (Å²) in [4.78, 5) is 12.4. The zero-order valence-corrected chi connectivity index (χ0v) is 11.6. The van der Waals surface area contributed by atoms with Crippen LogP contribution < -0.4 is 9.88 Å². The summed E-state index contributed by atoms with van der Waals surface area (Å²) in [6.07, 6.45) is 2.63. The maximum atomic E-state index is 12.4. The molecule has 21 heavy (non-hydrogen) atoms. The van der Waals surface area contributed by atoms with Crippen molar-refractivity contribution in [3.8, 4) is 0 Å². The fourth-order valence-electron chi connectivity index (χ4n) is 2.97. The van der Waals surface area contributed by atoms with Gasteiger partial charge in [0.05, 0.1) is 19.4 Å². The number of aryl methyl sites for hydroxylation is 1. The number of nitrogens with zero attached hydrogens (tertiary/aromatic N) is 2. The number of ketones is 1. The molecular weight excluding hydrogens is 266 g/mol. The average Bonchev–Trinajstić information content (AvgIpc) is 3.15. The zero-order chi connectivity index (χ0) is 14.2. The number of aromatic nitrogens is 2. The number of imidazole rings is 1. The Hall–Kier alpha value is -2.56. The number of para-hydroxylation sites is 2.